The second-order valence-electron chi connectivity index (χ2n) is 9.16. The summed E-state index contributed by atoms with van der Waals surface area (Å²) in [6.07, 6.45) is -2.84. The second-order valence-corrected chi connectivity index (χ2v) is 9.16. The molecule has 3 atom stereocenters. The number of anilines is 1. The summed E-state index contributed by atoms with van der Waals surface area (Å²) in [6.45, 7) is 7.37. The van der Waals surface area contributed by atoms with Crippen molar-refractivity contribution in [3.8, 4) is 11.4 Å². The quantitative estimate of drug-likeness (QED) is 0.269. The largest absolute Gasteiger partial charge is 0.462 e. The average molecular weight is 558 g/mol. The van der Waals surface area contributed by atoms with Crippen molar-refractivity contribution in [2.24, 2.45) is 0 Å². The van der Waals surface area contributed by atoms with Gasteiger partial charge in [-0.3, -0.25) is 24.0 Å². The monoisotopic (exact) mass is 557 g/mol. The molecule has 2 heterocycles. The summed E-state index contributed by atoms with van der Waals surface area (Å²) in [6, 6.07) is 3.54. The van der Waals surface area contributed by atoms with Crippen LogP contribution in [0.2, 0.25) is 0 Å². The highest BCUT2D eigenvalue weighted by atomic mass is 16.6. The first kappa shape index (κ1) is 29.8. The number of nitrogen functional groups attached to an aromatic ring is 1. The van der Waals surface area contributed by atoms with Gasteiger partial charge in [0.05, 0.1) is 29.5 Å². The van der Waals surface area contributed by atoms with Gasteiger partial charge in [0.2, 0.25) is 0 Å². The third-order valence-corrected chi connectivity index (χ3v) is 5.90. The van der Waals surface area contributed by atoms with Crippen molar-refractivity contribution in [2.75, 3.05) is 12.3 Å². The number of nitrogens with one attached hydrogen (secondary N) is 1. The number of carbonyl (C=O) groups is 4. The number of rotatable bonds is 10. The predicted octanol–water partition coefficient (Wildman–Crippen LogP) is 1.34. The number of hydrogen-bond acceptors (Lipinski definition) is 12. The molecule has 0 amide bonds. The Bertz CT molecular complexity index is 1510. The Labute approximate surface area is 228 Å². The molecule has 0 aliphatic heterocycles. The van der Waals surface area contributed by atoms with Gasteiger partial charge < -0.3 is 34.2 Å². The van der Waals surface area contributed by atoms with Crippen LogP contribution in [0, 0.1) is 13.8 Å². The third kappa shape index (κ3) is 7.21. The van der Waals surface area contributed by atoms with Gasteiger partial charge in [0, 0.05) is 27.7 Å². The number of H-pyrrole nitrogens is 1. The Morgan fingerprint density at radius 2 is 1.52 bits per heavy atom. The van der Waals surface area contributed by atoms with Gasteiger partial charge >= 0.3 is 23.9 Å². The van der Waals surface area contributed by atoms with Crippen LogP contribution in [0.15, 0.2) is 23.1 Å². The van der Waals surface area contributed by atoms with Crippen molar-refractivity contribution in [3.05, 3.63) is 39.8 Å². The molecule has 0 aliphatic carbocycles. The molecule has 0 unspecified atom stereocenters. The summed E-state index contributed by atoms with van der Waals surface area (Å²) in [4.78, 5) is 72.8. The minimum Gasteiger partial charge on any atom is -0.462 e. The van der Waals surface area contributed by atoms with Crippen molar-refractivity contribution in [1.82, 2.24) is 19.5 Å². The lowest BCUT2D eigenvalue weighted by molar-refractivity contribution is -0.190. The van der Waals surface area contributed by atoms with E-state index in [2.05, 4.69) is 15.0 Å². The van der Waals surface area contributed by atoms with E-state index in [0.29, 0.717) is 11.0 Å². The molecule has 0 aliphatic rings. The molecule has 0 fully saturated rings. The van der Waals surface area contributed by atoms with Crippen LogP contribution < -0.4 is 11.3 Å². The van der Waals surface area contributed by atoms with Crippen molar-refractivity contribution in [3.63, 3.8) is 0 Å². The molecule has 0 spiro atoms. The van der Waals surface area contributed by atoms with Gasteiger partial charge in [-0.1, -0.05) is 0 Å². The van der Waals surface area contributed by atoms with Crippen LogP contribution in [-0.2, 0) is 44.7 Å². The fourth-order valence-electron chi connectivity index (χ4n) is 4.10. The zero-order valence-corrected chi connectivity index (χ0v) is 23.0. The third-order valence-electron chi connectivity index (χ3n) is 5.90. The SMILES string of the molecule is CC(=O)OC[C@@H](OC(C)=O)[C@@H](OC(C)=O)[C@H](Cn1c(=O)c(-c2cnc(N)[nH]2)nc2cc(C)c(C)cc21)OC(C)=O. The molecule has 3 aromatic rings. The maximum atomic E-state index is 13.8. The number of hydrogen-bond donors (Lipinski definition) is 2. The molecular weight excluding hydrogens is 526 g/mol. The maximum absolute atomic E-state index is 13.8. The second kappa shape index (κ2) is 12.4. The first-order valence-electron chi connectivity index (χ1n) is 12.2. The maximum Gasteiger partial charge on any atom is 0.303 e. The summed E-state index contributed by atoms with van der Waals surface area (Å²) in [5.74, 6) is -2.95. The molecule has 0 radical (unpaired) electrons. The number of aromatic amines is 1. The van der Waals surface area contributed by atoms with E-state index >= 15 is 0 Å². The molecule has 3 rings (SSSR count). The number of esters is 4. The summed E-state index contributed by atoms with van der Waals surface area (Å²) < 4.78 is 22.6. The van der Waals surface area contributed by atoms with Crippen LogP contribution in [-0.4, -0.2) is 68.3 Å². The minimum absolute atomic E-state index is 0.0120. The van der Waals surface area contributed by atoms with Gasteiger partial charge in [-0.25, -0.2) is 9.97 Å². The van der Waals surface area contributed by atoms with E-state index in [1.165, 1.54) is 10.8 Å². The van der Waals surface area contributed by atoms with Crippen LogP contribution in [0.3, 0.4) is 0 Å². The fraction of sp³-hybridized carbons (Fsp3) is 0.423. The number of nitrogens with two attached hydrogens (primary N) is 1. The smallest absolute Gasteiger partial charge is 0.303 e. The zero-order chi connectivity index (χ0) is 29.7. The first-order valence-corrected chi connectivity index (χ1v) is 12.2. The van der Waals surface area contributed by atoms with E-state index in [1.54, 1.807) is 12.1 Å². The molecule has 0 saturated carbocycles. The summed E-state index contributed by atoms with van der Waals surface area (Å²) in [7, 11) is 0. The normalized spacial score (nSPS) is 13.2. The van der Waals surface area contributed by atoms with Crippen LogP contribution in [0.1, 0.15) is 38.8 Å². The van der Waals surface area contributed by atoms with Gasteiger partial charge in [-0.05, 0) is 37.1 Å². The summed E-state index contributed by atoms with van der Waals surface area (Å²) in [5.41, 5.74) is 7.96. The molecule has 214 valence electrons. The number of nitrogens with zero attached hydrogens (tertiary/aromatic N) is 3. The Morgan fingerprint density at radius 3 is 2.08 bits per heavy atom. The van der Waals surface area contributed by atoms with E-state index < -0.39 is 54.4 Å². The van der Waals surface area contributed by atoms with Gasteiger partial charge in [0.15, 0.2) is 30.0 Å². The van der Waals surface area contributed by atoms with Crippen LogP contribution in [0.25, 0.3) is 22.4 Å². The minimum atomic E-state index is -1.46. The van der Waals surface area contributed by atoms with E-state index in [9.17, 15) is 24.0 Å². The molecule has 1 aromatic carbocycles. The fourth-order valence-corrected chi connectivity index (χ4v) is 4.10. The van der Waals surface area contributed by atoms with E-state index in [-0.39, 0.29) is 23.9 Å². The van der Waals surface area contributed by atoms with E-state index in [1.807, 2.05) is 13.8 Å². The van der Waals surface area contributed by atoms with Gasteiger partial charge in [-0.2, -0.15) is 0 Å². The van der Waals surface area contributed by atoms with Crippen molar-refractivity contribution in [1.29, 1.82) is 0 Å². The van der Waals surface area contributed by atoms with E-state index in [4.69, 9.17) is 24.7 Å². The highest BCUT2D eigenvalue weighted by Gasteiger charge is 2.39. The van der Waals surface area contributed by atoms with Crippen LogP contribution in [0.5, 0.6) is 0 Å². The molecule has 14 heteroatoms. The number of benzene rings is 1. The molecular formula is C26H31N5O9. The highest BCUT2D eigenvalue weighted by molar-refractivity contribution is 5.79. The van der Waals surface area contributed by atoms with Gasteiger partial charge in [-0.15, -0.1) is 0 Å². The highest BCUT2D eigenvalue weighted by Crippen LogP contribution is 2.23. The number of aromatic nitrogens is 4. The topological polar surface area (TPSA) is 195 Å². The Hall–Kier alpha value is -4.75. The number of carbonyl (C=O) groups excluding carboxylic acids is 4. The number of aryl methyl sites for hydroxylation is 2. The zero-order valence-electron chi connectivity index (χ0n) is 23.0. The van der Waals surface area contributed by atoms with Gasteiger partial charge in [0.1, 0.15) is 6.61 Å². The standard InChI is InChI=1S/C26H31N5O9/c1-12-7-18-20(8-13(12)2)31(25(36)23(29-18)19-9-28-26(27)30-19)10-21(38-15(4)33)24(40-17(6)35)22(39-16(5)34)11-37-14(3)32/h7-9,21-22,24H,10-11H2,1-6H3,(H3,27,28,30)/t21-,22+,24-/m0/s1. The molecule has 0 bridgehead atoms. The van der Waals surface area contributed by atoms with Crippen LogP contribution >= 0.6 is 0 Å². The summed E-state index contributed by atoms with van der Waals surface area (Å²) >= 11 is 0. The summed E-state index contributed by atoms with van der Waals surface area (Å²) in [5, 5.41) is 0. The lowest BCUT2D eigenvalue weighted by Crippen LogP contribution is -2.50. The van der Waals surface area contributed by atoms with Crippen LogP contribution in [0.4, 0.5) is 5.95 Å². The molecule has 3 N–H and O–H groups in total. The Balaban J connectivity index is 2.24. The molecule has 0 saturated heterocycles. The lowest BCUT2D eigenvalue weighted by atomic mass is 10.1. The Kier molecular flexibility index (Phi) is 9.24. The molecule has 2 aromatic heterocycles. The number of fused-ring (bicyclic) bond motifs is 1. The first-order chi connectivity index (χ1) is 18.8. The van der Waals surface area contributed by atoms with E-state index in [0.717, 1.165) is 38.8 Å². The van der Waals surface area contributed by atoms with Crippen molar-refractivity contribution >= 4 is 40.9 Å². The average Bonchev–Trinajstić information content (AvgIpc) is 3.27. The van der Waals surface area contributed by atoms with Crippen molar-refractivity contribution < 1.29 is 38.1 Å². The van der Waals surface area contributed by atoms with Crippen molar-refractivity contribution in [2.45, 2.75) is 66.4 Å². The number of imidazole rings is 1. The van der Waals surface area contributed by atoms with Gasteiger partial charge in [0.25, 0.3) is 5.56 Å². The Morgan fingerprint density at radius 1 is 0.925 bits per heavy atom. The molecule has 40 heavy (non-hydrogen) atoms. The lowest BCUT2D eigenvalue weighted by Gasteiger charge is -2.32. The predicted molar refractivity (Wildman–Crippen MR) is 141 cm³/mol. The number of ether oxygens (including phenoxy) is 4. The molecule has 14 nitrogen and oxygen atoms in total.